The molecule has 0 aliphatic carbocycles. The number of nitrogens with one attached hydrogen (secondary N) is 1. The summed E-state index contributed by atoms with van der Waals surface area (Å²) in [5, 5.41) is 2.40. The van der Waals surface area contributed by atoms with Gasteiger partial charge in [-0.1, -0.05) is 36.0 Å². The van der Waals surface area contributed by atoms with Gasteiger partial charge < -0.3 is 10.1 Å². The Morgan fingerprint density at radius 1 is 1.06 bits per heavy atom. The van der Waals surface area contributed by atoms with Gasteiger partial charge in [0.25, 0.3) is 0 Å². The SMILES string of the molecule is COc1ccc(NC(=O)C[C@@H]2SC(=Nc3ccccc3F)N(CCc3ccc(F)cc3)C2=O)cc1. The van der Waals surface area contributed by atoms with Gasteiger partial charge in [0, 0.05) is 18.7 Å². The molecule has 180 valence electrons. The fourth-order valence-corrected chi connectivity index (χ4v) is 4.70. The first-order chi connectivity index (χ1) is 16.9. The van der Waals surface area contributed by atoms with E-state index in [9.17, 15) is 18.4 Å². The highest BCUT2D eigenvalue weighted by Crippen LogP contribution is 2.33. The molecular weight excluding hydrogens is 472 g/mol. The van der Waals surface area contributed by atoms with Gasteiger partial charge in [-0.15, -0.1) is 0 Å². The van der Waals surface area contributed by atoms with Crippen molar-refractivity contribution in [2.24, 2.45) is 4.99 Å². The zero-order valence-corrected chi connectivity index (χ0v) is 19.7. The van der Waals surface area contributed by atoms with Gasteiger partial charge in [0.05, 0.1) is 7.11 Å². The van der Waals surface area contributed by atoms with E-state index in [2.05, 4.69) is 10.3 Å². The van der Waals surface area contributed by atoms with E-state index < -0.39 is 11.1 Å². The molecule has 1 saturated heterocycles. The van der Waals surface area contributed by atoms with Crippen molar-refractivity contribution in [2.75, 3.05) is 19.0 Å². The maximum atomic E-state index is 14.2. The Morgan fingerprint density at radius 2 is 1.77 bits per heavy atom. The molecule has 4 rings (SSSR count). The van der Waals surface area contributed by atoms with Gasteiger partial charge in [0.15, 0.2) is 5.17 Å². The van der Waals surface area contributed by atoms with E-state index in [-0.39, 0.29) is 36.3 Å². The second-order valence-electron chi connectivity index (χ2n) is 7.80. The molecule has 0 spiro atoms. The van der Waals surface area contributed by atoms with Gasteiger partial charge in [0.1, 0.15) is 28.3 Å². The number of rotatable bonds is 8. The summed E-state index contributed by atoms with van der Waals surface area (Å²) in [4.78, 5) is 31.7. The van der Waals surface area contributed by atoms with Crippen LogP contribution in [0, 0.1) is 11.6 Å². The van der Waals surface area contributed by atoms with Crippen molar-refractivity contribution in [3.63, 3.8) is 0 Å². The van der Waals surface area contributed by atoms with Gasteiger partial charge in [-0.2, -0.15) is 0 Å². The van der Waals surface area contributed by atoms with E-state index >= 15 is 0 Å². The van der Waals surface area contributed by atoms with Crippen LogP contribution in [0.1, 0.15) is 12.0 Å². The van der Waals surface area contributed by atoms with E-state index in [1.165, 1.54) is 29.2 Å². The summed E-state index contributed by atoms with van der Waals surface area (Å²) in [5.41, 5.74) is 1.53. The molecule has 1 aliphatic heterocycles. The topological polar surface area (TPSA) is 71.0 Å². The molecule has 2 amide bonds. The van der Waals surface area contributed by atoms with Crippen LogP contribution in [0.4, 0.5) is 20.2 Å². The average molecular weight is 496 g/mol. The van der Waals surface area contributed by atoms with Crippen molar-refractivity contribution in [2.45, 2.75) is 18.1 Å². The number of amides is 2. The number of carbonyl (C=O) groups excluding carboxylic acids is 2. The molecule has 1 aliphatic rings. The van der Waals surface area contributed by atoms with Crippen molar-refractivity contribution in [1.82, 2.24) is 4.90 Å². The summed E-state index contributed by atoms with van der Waals surface area (Å²) in [5.74, 6) is -0.794. The van der Waals surface area contributed by atoms with Gasteiger partial charge in [-0.25, -0.2) is 13.8 Å². The first-order valence-electron chi connectivity index (χ1n) is 10.9. The Kier molecular flexibility index (Phi) is 7.77. The second-order valence-corrected chi connectivity index (χ2v) is 8.97. The zero-order chi connectivity index (χ0) is 24.8. The van der Waals surface area contributed by atoms with Crippen LogP contribution < -0.4 is 10.1 Å². The molecule has 6 nitrogen and oxygen atoms in total. The number of para-hydroxylation sites is 1. The number of aliphatic imine (C=N–C) groups is 1. The van der Waals surface area contributed by atoms with Crippen molar-refractivity contribution in [3.8, 4) is 5.75 Å². The minimum absolute atomic E-state index is 0.0706. The Balaban J connectivity index is 1.49. The molecule has 3 aromatic rings. The third-order valence-corrected chi connectivity index (χ3v) is 6.55. The van der Waals surface area contributed by atoms with E-state index in [1.54, 1.807) is 55.6 Å². The summed E-state index contributed by atoms with van der Waals surface area (Å²) >= 11 is 1.13. The maximum absolute atomic E-state index is 14.2. The molecule has 0 unspecified atom stereocenters. The maximum Gasteiger partial charge on any atom is 0.242 e. The number of hydrogen-bond acceptors (Lipinski definition) is 5. The Morgan fingerprint density at radius 3 is 2.46 bits per heavy atom. The standard InChI is InChI=1S/C26H23F2N3O3S/c1-34-20-12-10-19(11-13-20)29-24(32)16-23-25(33)31(15-14-17-6-8-18(27)9-7-17)26(35-23)30-22-5-3-2-4-21(22)28/h2-13,23H,14-16H2,1H3,(H,29,32)/t23-/m0/s1. The highest BCUT2D eigenvalue weighted by atomic mass is 32.2. The van der Waals surface area contributed by atoms with Crippen LogP contribution in [-0.2, 0) is 16.0 Å². The smallest absolute Gasteiger partial charge is 0.242 e. The normalized spacial score (nSPS) is 16.5. The van der Waals surface area contributed by atoms with Crippen molar-refractivity contribution in [1.29, 1.82) is 0 Å². The molecular formula is C26H23F2N3O3S. The molecule has 3 aromatic carbocycles. The summed E-state index contributed by atoms with van der Waals surface area (Å²) in [6.07, 6.45) is 0.381. The summed E-state index contributed by atoms with van der Waals surface area (Å²) < 4.78 is 32.6. The number of thioether (sulfide) groups is 1. The summed E-state index contributed by atoms with van der Waals surface area (Å²) in [6, 6.07) is 18.9. The van der Waals surface area contributed by atoms with Crippen LogP contribution in [0.25, 0.3) is 0 Å². The summed E-state index contributed by atoms with van der Waals surface area (Å²) in [7, 11) is 1.55. The van der Waals surface area contributed by atoms with Crippen LogP contribution in [0.2, 0.25) is 0 Å². The van der Waals surface area contributed by atoms with E-state index in [0.717, 1.165) is 17.3 Å². The molecule has 0 saturated carbocycles. The lowest BCUT2D eigenvalue weighted by Crippen LogP contribution is -2.35. The number of benzene rings is 3. The lowest BCUT2D eigenvalue weighted by Gasteiger charge is -2.16. The van der Waals surface area contributed by atoms with Crippen molar-refractivity contribution < 1.29 is 23.1 Å². The van der Waals surface area contributed by atoms with Crippen LogP contribution in [0.3, 0.4) is 0 Å². The van der Waals surface area contributed by atoms with Crippen molar-refractivity contribution in [3.05, 3.63) is 90.0 Å². The van der Waals surface area contributed by atoms with E-state index in [0.29, 0.717) is 23.0 Å². The molecule has 1 fully saturated rings. The van der Waals surface area contributed by atoms with Gasteiger partial charge in [-0.05, 0) is 60.5 Å². The third-order valence-electron chi connectivity index (χ3n) is 5.37. The molecule has 1 atom stereocenters. The minimum Gasteiger partial charge on any atom is -0.497 e. The first kappa shape index (κ1) is 24.4. The van der Waals surface area contributed by atoms with Crippen LogP contribution in [0.15, 0.2) is 77.8 Å². The van der Waals surface area contributed by atoms with Crippen LogP contribution >= 0.6 is 11.8 Å². The number of ether oxygens (including phenoxy) is 1. The number of halogens is 2. The average Bonchev–Trinajstić information content (AvgIpc) is 3.14. The van der Waals surface area contributed by atoms with E-state index in [1.807, 2.05) is 0 Å². The molecule has 1 heterocycles. The number of anilines is 1. The lowest BCUT2D eigenvalue weighted by atomic mass is 10.1. The highest BCUT2D eigenvalue weighted by Gasteiger charge is 2.39. The molecule has 0 aromatic heterocycles. The molecule has 0 bridgehead atoms. The monoisotopic (exact) mass is 495 g/mol. The minimum atomic E-state index is -0.702. The number of nitrogens with zero attached hydrogens (tertiary/aromatic N) is 2. The fraction of sp³-hybridized carbons (Fsp3) is 0.192. The first-order valence-corrected chi connectivity index (χ1v) is 11.8. The van der Waals surface area contributed by atoms with Gasteiger partial charge in [0.2, 0.25) is 11.8 Å². The molecule has 1 N–H and O–H groups in total. The van der Waals surface area contributed by atoms with Crippen LogP contribution in [0.5, 0.6) is 5.75 Å². The number of hydrogen-bond donors (Lipinski definition) is 1. The second kappa shape index (κ2) is 11.1. The number of methoxy groups -OCH3 is 1. The fourth-order valence-electron chi connectivity index (χ4n) is 3.52. The zero-order valence-electron chi connectivity index (χ0n) is 18.9. The molecule has 0 radical (unpaired) electrons. The summed E-state index contributed by atoms with van der Waals surface area (Å²) in [6.45, 7) is 0.265. The molecule has 35 heavy (non-hydrogen) atoms. The van der Waals surface area contributed by atoms with Crippen molar-refractivity contribution >= 4 is 40.1 Å². The van der Waals surface area contributed by atoms with Crippen LogP contribution in [-0.4, -0.2) is 40.8 Å². The van der Waals surface area contributed by atoms with Gasteiger partial charge in [-0.3, -0.25) is 14.5 Å². The predicted octanol–water partition coefficient (Wildman–Crippen LogP) is 5.18. The largest absolute Gasteiger partial charge is 0.497 e. The predicted molar refractivity (Wildman–Crippen MR) is 133 cm³/mol. The van der Waals surface area contributed by atoms with E-state index in [4.69, 9.17) is 4.74 Å². The molecule has 9 heteroatoms. The Hall–Kier alpha value is -3.72. The highest BCUT2D eigenvalue weighted by molar-refractivity contribution is 8.15. The quantitative estimate of drug-likeness (QED) is 0.468. The Labute approximate surface area is 206 Å². The number of carbonyl (C=O) groups is 2. The third kappa shape index (κ3) is 6.24. The number of amidine groups is 1. The Bertz CT molecular complexity index is 1230. The van der Waals surface area contributed by atoms with Gasteiger partial charge >= 0.3 is 0 Å². The lowest BCUT2D eigenvalue weighted by molar-refractivity contribution is -0.128.